The van der Waals surface area contributed by atoms with Gasteiger partial charge in [0.2, 0.25) is 0 Å². The predicted octanol–water partition coefficient (Wildman–Crippen LogP) is -0.350. The Kier molecular flexibility index (Phi) is 4.28. The van der Waals surface area contributed by atoms with Gasteiger partial charge in [0.15, 0.2) is 5.79 Å². The van der Waals surface area contributed by atoms with E-state index in [1.807, 2.05) is 6.07 Å². The highest BCUT2D eigenvalue weighted by atomic mass is 32.2. The molecule has 0 amide bonds. The number of aliphatic hydroxyl groups excluding tert-OH is 1. The van der Waals surface area contributed by atoms with Crippen molar-refractivity contribution in [1.29, 1.82) is 5.26 Å². The van der Waals surface area contributed by atoms with Crippen LogP contribution < -0.4 is 0 Å². The van der Waals surface area contributed by atoms with Crippen LogP contribution in [0, 0.1) is 11.3 Å². The van der Waals surface area contributed by atoms with Crippen LogP contribution in [0.25, 0.3) is 0 Å². The summed E-state index contributed by atoms with van der Waals surface area (Å²) in [5.41, 5.74) is -0.0484. The predicted molar refractivity (Wildman–Crippen MR) is 69.2 cm³/mol. The first-order valence-corrected chi connectivity index (χ1v) is 8.09. The molecule has 0 radical (unpaired) electrons. The molecule has 1 unspecified atom stereocenters. The van der Waals surface area contributed by atoms with Crippen LogP contribution in [0.2, 0.25) is 0 Å². The molecular weight excluding hydrogens is 302 g/mol. The van der Waals surface area contributed by atoms with Gasteiger partial charge in [-0.3, -0.25) is 0 Å². The molecule has 2 heterocycles. The first kappa shape index (κ1) is 16.2. The fourth-order valence-electron chi connectivity index (χ4n) is 2.38. The summed E-state index contributed by atoms with van der Waals surface area (Å²) in [4.78, 5) is 0. The second-order valence-corrected chi connectivity index (χ2v) is 6.93. The molecule has 2 aliphatic rings. The number of nitriles is 1. The van der Waals surface area contributed by atoms with E-state index in [1.165, 1.54) is 0 Å². The molecule has 0 aromatic heterocycles. The van der Waals surface area contributed by atoms with Crippen LogP contribution in [0.3, 0.4) is 0 Å². The van der Waals surface area contributed by atoms with Crippen molar-refractivity contribution in [1.82, 2.24) is 0 Å². The summed E-state index contributed by atoms with van der Waals surface area (Å²) >= 11 is 0. The van der Waals surface area contributed by atoms with Gasteiger partial charge in [-0.15, -0.1) is 0 Å². The van der Waals surface area contributed by atoms with Crippen LogP contribution in [0.15, 0.2) is 11.8 Å². The normalized spacial score (nSPS) is 35.3. The standard InChI is InChI=1S/C12H17NO7S/c1-12(2)19-10-8(5-14)18-9(11(10)20-12)7(4-13)6-17-21(3,15)16/h6,8-11,14H,5H2,1-3H3/b7-6+/t8-,9?,10-,11+/m1/s1. The lowest BCUT2D eigenvalue weighted by Crippen LogP contribution is -2.31. The Bertz CT molecular complexity index is 577. The quantitative estimate of drug-likeness (QED) is 0.425. The Morgan fingerprint density at radius 1 is 1.43 bits per heavy atom. The highest BCUT2D eigenvalue weighted by molar-refractivity contribution is 7.86. The molecule has 2 aliphatic heterocycles. The molecule has 0 aromatic rings. The summed E-state index contributed by atoms with van der Waals surface area (Å²) in [5.74, 6) is -0.872. The zero-order valence-corrected chi connectivity index (χ0v) is 12.7. The SMILES string of the molecule is CC1(C)O[C@@H]2[C@@H](CO)OC(/C(C#N)=C/OS(C)(=O)=O)[C@@H]2O1. The van der Waals surface area contributed by atoms with Crippen molar-refractivity contribution in [3.05, 3.63) is 11.8 Å². The maximum absolute atomic E-state index is 11.0. The molecular formula is C12H17NO7S. The third-order valence-electron chi connectivity index (χ3n) is 3.12. The smallest absolute Gasteiger partial charge is 0.305 e. The zero-order valence-electron chi connectivity index (χ0n) is 11.8. The van der Waals surface area contributed by atoms with Crippen molar-refractivity contribution in [2.75, 3.05) is 12.9 Å². The van der Waals surface area contributed by atoms with Crippen LogP contribution in [0.1, 0.15) is 13.8 Å². The van der Waals surface area contributed by atoms with Crippen LogP contribution in [-0.2, 0) is 28.5 Å². The Balaban J connectivity index is 2.24. The van der Waals surface area contributed by atoms with E-state index < -0.39 is 40.3 Å². The van der Waals surface area contributed by atoms with Crippen molar-refractivity contribution in [2.45, 2.75) is 44.1 Å². The fraction of sp³-hybridized carbons (Fsp3) is 0.750. The Hall–Kier alpha value is -1.18. The summed E-state index contributed by atoms with van der Waals surface area (Å²) in [6.07, 6.45) is -0.981. The van der Waals surface area contributed by atoms with Crippen LogP contribution in [0.5, 0.6) is 0 Å². The van der Waals surface area contributed by atoms with E-state index in [0.717, 1.165) is 12.5 Å². The van der Waals surface area contributed by atoms with Gasteiger partial charge in [0.05, 0.1) is 18.4 Å². The lowest BCUT2D eigenvalue weighted by atomic mass is 10.0. The van der Waals surface area contributed by atoms with Gasteiger partial charge in [-0.05, 0) is 13.8 Å². The van der Waals surface area contributed by atoms with E-state index >= 15 is 0 Å². The summed E-state index contributed by atoms with van der Waals surface area (Å²) in [7, 11) is -3.73. The minimum Gasteiger partial charge on any atom is -0.394 e. The summed E-state index contributed by atoms with van der Waals surface area (Å²) < 4.78 is 43.4. The number of nitrogens with zero attached hydrogens (tertiary/aromatic N) is 1. The van der Waals surface area contributed by atoms with Crippen molar-refractivity contribution in [2.24, 2.45) is 0 Å². The molecule has 0 spiro atoms. The molecule has 0 aliphatic carbocycles. The third kappa shape index (κ3) is 3.53. The first-order valence-electron chi connectivity index (χ1n) is 6.27. The highest BCUT2D eigenvalue weighted by Crippen LogP contribution is 2.40. The molecule has 0 saturated carbocycles. The fourth-order valence-corrected chi connectivity index (χ4v) is 2.65. The van der Waals surface area contributed by atoms with Gasteiger partial charge in [-0.2, -0.15) is 13.7 Å². The minimum absolute atomic E-state index is 0.0484. The number of hydrogen-bond donors (Lipinski definition) is 1. The topological polar surface area (TPSA) is 115 Å². The second kappa shape index (κ2) is 5.55. The van der Waals surface area contributed by atoms with E-state index in [1.54, 1.807) is 13.8 Å². The summed E-state index contributed by atoms with van der Waals surface area (Å²) in [6, 6.07) is 1.83. The van der Waals surface area contributed by atoms with E-state index in [-0.39, 0.29) is 12.2 Å². The lowest BCUT2D eigenvalue weighted by molar-refractivity contribution is -0.186. The highest BCUT2D eigenvalue weighted by Gasteiger charge is 2.56. The molecule has 118 valence electrons. The van der Waals surface area contributed by atoms with Gasteiger partial charge in [-0.25, -0.2) is 0 Å². The monoisotopic (exact) mass is 319 g/mol. The number of rotatable bonds is 4. The van der Waals surface area contributed by atoms with E-state index in [9.17, 15) is 13.5 Å². The molecule has 4 atom stereocenters. The molecule has 0 aromatic carbocycles. The molecule has 1 N–H and O–H groups in total. The second-order valence-electron chi connectivity index (χ2n) is 5.33. The van der Waals surface area contributed by atoms with Gasteiger partial charge in [0.25, 0.3) is 0 Å². The van der Waals surface area contributed by atoms with Crippen LogP contribution in [0.4, 0.5) is 0 Å². The van der Waals surface area contributed by atoms with Gasteiger partial charge < -0.3 is 23.5 Å². The molecule has 9 heteroatoms. The van der Waals surface area contributed by atoms with Gasteiger partial charge >= 0.3 is 10.1 Å². The third-order valence-corrected chi connectivity index (χ3v) is 3.56. The van der Waals surface area contributed by atoms with Crippen molar-refractivity contribution < 1.29 is 31.9 Å². The first-order chi connectivity index (χ1) is 9.67. The summed E-state index contributed by atoms with van der Waals surface area (Å²) in [6.45, 7) is 3.11. The van der Waals surface area contributed by atoms with E-state index in [4.69, 9.17) is 19.5 Å². The van der Waals surface area contributed by atoms with Crippen LogP contribution >= 0.6 is 0 Å². The number of ether oxygens (including phenoxy) is 3. The van der Waals surface area contributed by atoms with Crippen molar-refractivity contribution >= 4 is 10.1 Å². The summed E-state index contributed by atoms with van der Waals surface area (Å²) in [5, 5.41) is 18.5. The van der Waals surface area contributed by atoms with Crippen molar-refractivity contribution in [3.63, 3.8) is 0 Å². The maximum Gasteiger partial charge on any atom is 0.305 e. The lowest BCUT2D eigenvalue weighted by Gasteiger charge is -2.23. The molecule has 2 saturated heterocycles. The van der Waals surface area contributed by atoms with E-state index in [2.05, 4.69) is 4.18 Å². The molecule has 8 nitrogen and oxygen atoms in total. The minimum atomic E-state index is -3.73. The molecule has 21 heavy (non-hydrogen) atoms. The van der Waals surface area contributed by atoms with Gasteiger partial charge in [-0.1, -0.05) is 0 Å². The zero-order chi connectivity index (χ0) is 15.8. The number of fused-ring (bicyclic) bond motifs is 1. The Morgan fingerprint density at radius 3 is 2.57 bits per heavy atom. The average molecular weight is 319 g/mol. The van der Waals surface area contributed by atoms with Gasteiger partial charge in [0, 0.05) is 0 Å². The maximum atomic E-state index is 11.0. The van der Waals surface area contributed by atoms with E-state index in [0.29, 0.717) is 0 Å². The average Bonchev–Trinajstić information content (AvgIpc) is 2.83. The Labute approximate surface area is 123 Å². The Morgan fingerprint density at radius 2 is 2.05 bits per heavy atom. The largest absolute Gasteiger partial charge is 0.394 e. The number of aliphatic hydroxyl groups is 1. The van der Waals surface area contributed by atoms with Crippen molar-refractivity contribution in [3.8, 4) is 6.07 Å². The van der Waals surface area contributed by atoms with Crippen LogP contribution in [-0.4, -0.2) is 56.6 Å². The molecule has 0 bridgehead atoms. The van der Waals surface area contributed by atoms with Gasteiger partial charge in [0.1, 0.15) is 36.7 Å². The molecule has 2 fully saturated rings. The number of hydrogen-bond acceptors (Lipinski definition) is 8. The molecule has 2 rings (SSSR count).